The molecule has 1 aromatic carbocycles. The number of rotatable bonds is 2. The van der Waals surface area contributed by atoms with Crippen LogP contribution in [0.2, 0.25) is 0 Å². The molecule has 3 rings (SSSR count). The lowest BCUT2D eigenvalue weighted by Crippen LogP contribution is -2.58. The minimum Gasteiger partial charge on any atom is -0.371 e. The van der Waals surface area contributed by atoms with E-state index in [1.807, 2.05) is 0 Å². The van der Waals surface area contributed by atoms with Crippen LogP contribution in [0.25, 0.3) is 0 Å². The molecule has 1 aromatic rings. The molecule has 2 saturated heterocycles. The summed E-state index contributed by atoms with van der Waals surface area (Å²) in [5.74, 6) is -3.35. The highest BCUT2D eigenvalue weighted by Crippen LogP contribution is 2.50. The molecule has 0 N–H and O–H groups in total. The second-order valence-electron chi connectivity index (χ2n) is 6.48. The highest BCUT2D eigenvalue weighted by molar-refractivity contribution is 7.88. The Hall–Kier alpha value is -1.28. The average Bonchev–Trinajstić information content (AvgIpc) is 2.87. The summed E-state index contributed by atoms with van der Waals surface area (Å²) in [4.78, 5) is 1.71. The number of nitrogens with zero attached hydrogens (tertiary/aromatic N) is 2. The first-order valence-corrected chi connectivity index (χ1v) is 9.31. The van der Waals surface area contributed by atoms with Crippen LogP contribution >= 0.6 is 0 Å². The normalized spacial score (nSPS) is 28.4. The van der Waals surface area contributed by atoms with Crippen molar-refractivity contribution in [2.75, 3.05) is 37.3 Å². The topological polar surface area (TPSA) is 40.6 Å². The number of piperidine rings is 1. The number of anilines is 1. The highest BCUT2D eigenvalue weighted by atomic mass is 32.2. The van der Waals surface area contributed by atoms with Crippen LogP contribution in [0.1, 0.15) is 12.8 Å². The Balaban J connectivity index is 1.88. The maximum absolute atomic E-state index is 14.6. The summed E-state index contributed by atoms with van der Waals surface area (Å²) >= 11 is 0. The van der Waals surface area contributed by atoms with Crippen LogP contribution in [0.5, 0.6) is 0 Å². The molecule has 8 heteroatoms. The number of alkyl halides is 2. The SMILES string of the molecule is CS(=O)(=O)N1CCC(F)(F)C2(CCN(c3cccc(F)c3)C2)C1. The first-order valence-electron chi connectivity index (χ1n) is 7.47. The lowest BCUT2D eigenvalue weighted by molar-refractivity contribution is -0.145. The number of sulfonamides is 1. The monoisotopic (exact) mass is 348 g/mol. The summed E-state index contributed by atoms with van der Waals surface area (Å²) in [6.45, 7) is 0.0321. The lowest BCUT2D eigenvalue weighted by atomic mass is 9.76. The molecule has 2 aliphatic rings. The summed E-state index contributed by atoms with van der Waals surface area (Å²) in [5.41, 5.74) is -0.866. The Kier molecular flexibility index (Phi) is 3.87. The Morgan fingerprint density at radius 3 is 2.52 bits per heavy atom. The van der Waals surface area contributed by atoms with Gasteiger partial charge in [0.15, 0.2) is 0 Å². The molecule has 0 radical (unpaired) electrons. The number of hydrogen-bond acceptors (Lipinski definition) is 3. The molecule has 2 fully saturated rings. The van der Waals surface area contributed by atoms with Gasteiger partial charge in [-0.1, -0.05) is 6.07 Å². The molecule has 2 heterocycles. The zero-order valence-electron chi connectivity index (χ0n) is 12.8. The maximum Gasteiger partial charge on any atom is 0.257 e. The van der Waals surface area contributed by atoms with Gasteiger partial charge in [0.1, 0.15) is 5.82 Å². The third-order valence-electron chi connectivity index (χ3n) is 4.93. The van der Waals surface area contributed by atoms with Gasteiger partial charge in [-0.2, -0.15) is 0 Å². The average molecular weight is 348 g/mol. The second-order valence-corrected chi connectivity index (χ2v) is 8.47. The van der Waals surface area contributed by atoms with Crippen molar-refractivity contribution in [2.45, 2.75) is 18.8 Å². The van der Waals surface area contributed by atoms with Crippen LogP contribution in [-0.2, 0) is 10.0 Å². The molecule has 0 bridgehead atoms. The Labute approximate surface area is 133 Å². The quantitative estimate of drug-likeness (QED) is 0.824. The first-order chi connectivity index (χ1) is 10.6. The van der Waals surface area contributed by atoms with Crippen LogP contribution in [-0.4, -0.2) is 51.1 Å². The molecule has 1 spiro atoms. The molecule has 23 heavy (non-hydrogen) atoms. The van der Waals surface area contributed by atoms with Crippen molar-refractivity contribution in [1.29, 1.82) is 0 Å². The van der Waals surface area contributed by atoms with Crippen molar-refractivity contribution in [2.24, 2.45) is 5.41 Å². The van der Waals surface area contributed by atoms with E-state index >= 15 is 0 Å². The van der Waals surface area contributed by atoms with E-state index in [1.165, 1.54) is 18.2 Å². The van der Waals surface area contributed by atoms with Crippen molar-refractivity contribution in [3.63, 3.8) is 0 Å². The minimum absolute atomic E-state index is 0.0233. The van der Waals surface area contributed by atoms with Crippen LogP contribution in [0, 0.1) is 11.2 Å². The zero-order valence-corrected chi connectivity index (χ0v) is 13.6. The number of halogens is 3. The molecule has 4 nitrogen and oxygen atoms in total. The highest BCUT2D eigenvalue weighted by Gasteiger charge is 2.60. The molecule has 128 valence electrons. The second kappa shape index (κ2) is 5.37. The van der Waals surface area contributed by atoms with Gasteiger partial charge in [0.05, 0.1) is 11.7 Å². The van der Waals surface area contributed by atoms with Gasteiger partial charge in [-0.05, 0) is 24.6 Å². The molecule has 1 unspecified atom stereocenters. The van der Waals surface area contributed by atoms with Crippen LogP contribution in [0.15, 0.2) is 24.3 Å². The van der Waals surface area contributed by atoms with E-state index in [-0.39, 0.29) is 26.1 Å². The van der Waals surface area contributed by atoms with Crippen molar-refractivity contribution in [3.8, 4) is 0 Å². The Morgan fingerprint density at radius 1 is 1.13 bits per heavy atom. The van der Waals surface area contributed by atoms with Gasteiger partial charge >= 0.3 is 0 Å². The van der Waals surface area contributed by atoms with E-state index in [1.54, 1.807) is 11.0 Å². The number of hydrogen-bond donors (Lipinski definition) is 0. The molecule has 0 aromatic heterocycles. The summed E-state index contributed by atoms with van der Waals surface area (Å²) in [6.07, 6.45) is 0.753. The van der Waals surface area contributed by atoms with Gasteiger partial charge in [0, 0.05) is 38.3 Å². The van der Waals surface area contributed by atoms with Crippen molar-refractivity contribution < 1.29 is 21.6 Å². The van der Waals surface area contributed by atoms with Gasteiger partial charge < -0.3 is 4.90 Å². The third-order valence-corrected chi connectivity index (χ3v) is 6.18. The fraction of sp³-hybridized carbons (Fsp3) is 0.600. The van der Waals surface area contributed by atoms with Gasteiger partial charge in [-0.3, -0.25) is 0 Å². The van der Waals surface area contributed by atoms with Crippen LogP contribution < -0.4 is 4.90 Å². The van der Waals surface area contributed by atoms with Gasteiger partial charge in [0.25, 0.3) is 5.92 Å². The molecule has 2 aliphatic heterocycles. The Morgan fingerprint density at radius 2 is 1.87 bits per heavy atom. The van der Waals surface area contributed by atoms with Crippen LogP contribution in [0.3, 0.4) is 0 Å². The number of benzene rings is 1. The van der Waals surface area contributed by atoms with Gasteiger partial charge in [-0.15, -0.1) is 0 Å². The minimum atomic E-state index is -3.51. The molecule has 0 saturated carbocycles. The van der Waals surface area contributed by atoms with E-state index in [2.05, 4.69) is 0 Å². The standard InChI is InChI=1S/C15H19F3N2O2S/c1-23(21,22)20-8-6-15(17,18)14(11-20)5-7-19(10-14)13-4-2-3-12(16)9-13/h2-4,9H,5-8,10-11H2,1H3. The maximum atomic E-state index is 14.6. The Bertz CT molecular complexity index is 710. The first kappa shape index (κ1) is 16.6. The molecule has 0 amide bonds. The van der Waals surface area contributed by atoms with Crippen molar-refractivity contribution >= 4 is 15.7 Å². The predicted molar refractivity (Wildman–Crippen MR) is 81.6 cm³/mol. The van der Waals surface area contributed by atoms with Gasteiger partial charge in [-0.25, -0.2) is 25.9 Å². The van der Waals surface area contributed by atoms with E-state index in [9.17, 15) is 21.6 Å². The van der Waals surface area contributed by atoms with Crippen molar-refractivity contribution in [3.05, 3.63) is 30.1 Å². The zero-order chi connectivity index (χ0) is 16.9. The molecular weight excluding hydrogens is 329 g/mol. The van der Waals surface area contributed by atoms with Crippen LogP contribution in [0.4, 0.5) is 18.9 Å². The summed E-state index contributed by atoms with van der Waals surface area (Å²) in [7, 11) is -3.51. The fourth-order valence-electron chi connectivity index (χ4n) is 3.54. The molecule has 1 atom stereocenters. The van der Waals surface area contributed by atoms with E-state index < -0.39 is 33.6 Å². The van der Waals surface area contributed by atoms with E-state index in [0.29, 0.717) is 12.2 Å². The summed E-state index contributed by atoms with van der Waals surface area (Å²) < 4.78 is 67.1. The van der Waals surface area contributed by atoms with E-state index in [0.717, 1.165) is 10.6 Å². The molecule has 0 aliphatic carbocycles. The lowest BCUT2D eigenvalue weighted by Gasteiger charge is -2.45. The fourth-order valence-corrected chi connectivity index (χ4v) is 4.44. The van der Waals surface area contributed by atoms with E-state index in [4.69, 9.17) is 0 Å². The molecular formula is C15H19F3N2O2S. The summed E-state index contributed by atoms with van der Waals surface area (Å²) in [5, 5.41) is 0. The largest absolute Gasteiger partial charge is 0.371 e. The smallest absolute Gasteiger partial charge is 0.257 e. The predicted octanol–water partition coefficient (Wildman–Crippen LogP) is 2.32. The van der Waals surface area contributed by atoms with Gasteiger partial charge in [0.2, 0.25) is 10.0 Å². The van der Waals surface area contributed by atoms with Crippen molar-refractivity contribution in [1.82, 2.24) is 4.31 Å². The third kappa shape index (κ3) is 2.94. The summed E-state index contributed by atoms with van der Waals surface area (Å²) in [6, 6.07) is 5.83.